The van der Waals surface area contributed by atoms with Crippen molar-refractivity contribution in [3.8, 4) is 0 Å². The van der Waals surface area contributed by atoms with Crippen molar-refractivity contribution >= 4 is 57.8 Å². The summed E-state index contributed by atoms with van der Waals surface area (Å²) in [5.41, 5.74) is 0.806. The number of carbonyl (C=O) groups excluding carboxylic acids is 3. The Balaban J connectivity index is 1.41. The first kappa shape index (κ1) is 34.8. The van der Waals surface area contributed by atoms with Crippen LogP contribution in [0.25, 0.3) is 11.2 Å². The lowest BCUT2D eigenvalue weighted by molar-refractivity contribution is -0.136. The molecule has 0 radical (unpaired) electrons. The third-order valence-corrected chi connectivity index (χ3v) is 9.73. The number of imidazole rings is 1. The molecule has 5 N–H and O–H groups in total. The van der Waals surface area contributed by atoms with Crippen molar-refractivity contribution in [2.24, 2.45) is 0 Å². The van der Waals surface area contributed by atoms with Crippen molar-refractivity contribution in [1.29, 1.82) is 0 Å². The standard InChI is InChI=1S/C21H31N6O13P3/c1-15(38-14-41(31,32)39-43(36,37)40-42(33,34)35)11-26-13-25-19-20(23-12-24-21(19)26)22-9-4-6-16(28)5-2-3-10-27-17(29)7-8-18(27)30/h7-8,12-13,15H,2-6,9-11,14H2,1H3,(H,31,32)(H,36,37)(H,22,23,24)(H2,33,34,35)/t15-/m1/s1. The van der Waals surface area contributed by atoms with Crippen molar-refractivity contribution in [2.45, 2.75) is 51.7 Å². The van der Waals surface area contributed by atoms with Crippen LogP contribution in [0.15, 0.2) is 24.8 Å². The number of rotatable bonds is 19. The summed E-state index contributed by atoms with van der Waals surface area (Å²) in [6.07, 6.45) is 5.57. The molecule has 0 aliphatic carbocycles. The van der Waals surface area contributed by atoms with Gasteiger partial charge in [-0.15, -0.1) is 0 Å². The maximum absolute atomic E-state index is 12.2. The van der Waals surface area contributed by atoms with E-state index in [1.807, 2.05) is 0 Å². The number of imide groups is 1. The number of aromatic nitrogens is 4. The summed E-state index contributed by atoms with van der Waals surface area (Å²) in [6.45, 7) is 2.27. The van der Waals surface area contributed by atoms with Gasteiger partial charge in [-0.05, 0) is 26.2 Å². The molecule has 0 saturated heterocycles. The number of ether oxygens (including phenoxy) is 1. The number of nitrogens with one attached hydrogen (secondary N) is 1. The zero-order chi connectivity index (χ0) is 31.8. The van der Waals surface area contributed by atoms with Crippen molar-refractivity contribution in [2.75, 3.05) is 24.8 Å². The van der Waals surface area contributed by atoms with Crippen LogP contribution in [-0.2, 0) is 48.0 Å². The normalized spacial score (nSPS) is 17.3. The summed E-state index contributed by atoms with van der Waals surface area (Å²) < 4.78 is 48.5. The van der Waals surface area contributed by atoms with Gasteiger partial charge in [-0.1, -0.05) is 0 Å². The van der Waals surface area contributed by atoms with Gasteiger partial charge in [0.05, 0.1) is 19.0 Å². The van der Waals surface area contributed by atoms with Crippen LogP contribution >= 0.6 is 23.2 Å². The van der Waals surface area contributed by atoms with Gasteiger partial charge < -0.3 is 34.2 Å². The first-order chi connectivity index (χ1) is 20.1. The number of Topliss-reactive ketones (excluding diaryl/α,β-unsaturated/α-hetero) is 1. The van der Waals surface area contributed by atoms with Crippen LogP contribution in [0.3, 0.4) is 0 Å². The van der Waals surface area contributed by atoms with Gasteiger partial charge in [-0.3, -0.25) is 23.8 Å². The molecule has 0 fully saturated rings. The van der Waals surface area contributed by atoms with Gasteiger partial charge in [0.1, 0.15) is 24.0 Å². The Morgan fingerprint density at radius 3 is 2.33 bits per heavy atom. The number of amides is 2. The molecular formula is C21H31N6O13P3. The second kappa shape index (κ2) is 14.9. The molecule has 19 nitrogen and oxygen atoms in total. The van der Waals surface area contributed by atoms with Crippen LogP contribution in [0.2, 0.25) is 0 Å². The number of anilines is 1. The monoisotopic (exact) mass is 668 g/mol. The number of nitrogens with zero attached hydrogens (tertiary/aromatic N) is 5. The van der Waals surface area contributed by atoms with E-state index >= 15 is 0 Å². The molecule has 3 atom stereocenters. The Bertz CT molecular complexity index is 1490. The van der Waals surface area contributed by atoms with Crippen molar-refractivity contribution in [3.05, 3.63) is 24.8 Å². The average molecular weight is 668 g/mol. The minimum absolute atomic E-state index is 0.0547. The lowest BCUT2D eigenvalue weighted by Gasteiger charge is -2.19. The summed E-state index contributed by atoms with van der Waals surface area (Å²) in [6, 6.07) is 0. The first-order valence-electron chi connectivity index (χ1n) is 12.7. The molecule has 0 spiro atoms. The molecule has 1 aliphatic heterocycles. The Labute approximate surface area is 244 Å². The predicted octanol–water partition coefficient (Wildman–Crippen LogP) is 1.46. The summed E-state index contributed by atoms with van der Waals surface area (Å²) in [7, 11) is -16.0. The summed E-state index contributed by atoms with van der Waals surface area (Å²) >= 11 is 0. The Kier molecular flexibility index (Phi) is 12.0. The third-order valence-electron chi connectivity index (χ3n) is 5.73. The quantitative estimate of drug-likeness (QED) is 0.0805. The van der Waals surface area contributed by atoms with Crippen molar-refractivity contribution < 1.29 is 61.0 Å². The van der Waals surface area contributed by atoms with E-state index in [4.69, 9.17) is 14.5 Å². The maximum Gasteiger partial charge on any atom is 0.488 e. The number of ketones is 1. The third kappa shape index (κ3) is 11.4. The van der Waals surface area contributed by atoms with Gasteiger partial charge >= 0.3 is 23.2 Å². The first-order valence-corrected chi connectivity index (χ1v) is 17.5. The van der Waals surface area contributed by atoms with Gasteiger partial charge in [0.25, 0.3) is 11.8 Å². The van der Waals surface area contributed by atoms with E-state index in [1.54, 1.807) is 4.57 Å². The summed E-state index contributed by atoms with van der Waals surface area (Å²) in [5.74, 6) is -0.217. The van der Waals surface area contributed by atoms with E-state index in [0.717, 1.165) is 4.90 Å². The topological polar surface area (TPSA) is 270 Å². The molecule has 2 amide bonds. The molecule has 22 heteroatoms. The fraction of sp³-hybridized carbons (Fsp3) is 0.524. The Morgan fingerprint density at radius 2 is 1.65 bits per heavy atom. The number of fused-ring (bicyclic) bond motifs is 1. The second-order valence-corrected chi connectivity index (χ2v) is 14.1. The van der Waals surface area contributed by atoms with Crippen LogP contribution in [0, 0.1) is 0 Å². The zero-order valence-corrected chi connectivity index (χ0v) is 25.5. The molecule has 3 heterocycles. The smallest absolute Gasteiger partial charge is 0.368 e. The maximum atomic E-state index is 12.2. The van der Waals surface area contributed by atoms with Crippen LogP contribution in [-0.4, -0.2) is 87.1 Å². The largest absolute Gasteiger partial charge is 0.488 e. The SMILES string of the molecule is C[C@H](Cn1cnc2c(NCCCC(=O)CCCCN3C(=O)C=CC3=O)ncnc21)OCP(=O)(O)OP(=O)(O)OP(=O)(O)O. The molecule has 43 heavy (non-hydrogen) atoms. The highest BCUT2D eigenvalue weighted by atomic mass is 31.3. The van der Waals surface area contributed by atoms with Gasteiger partial charge in [-0.2, -0.15) is 4.31 Å². The van der Waals surface area contributed by atoms with E-state index in [0.29, 0.717) is 55.6 Å². The predicted molar refractivity (Wildman–Crippen MR) is 147 cm³/mol. The van der Waals surface area contributed by atoms with Crippen LogP contribution in [0.5, 0.6) is 0 Å². The number of hydrogen-bond donors (Lipinski definition) is 5. The summed E-state index contributed by atoms with van der Waals surface area (Å²) in [5, 5.41) is 3.10. The van der Waals surface area contributed by atoms with E-state index in [-0.39, 0.29) is 30.7 Å². The van der Waals surface area contributed by atoms with E-state index in [1.165, 1.54) is 31.7 Å². The second-order valence-electron chi connectivity index (χ2n) is 9.35. The fourth-order valence-corrected chi connectivity index (χ4v) is 7.27. The molecule has 0 saturated carbocycles. The molecule has 238 valence electrons. The van der Waals surface area contributed by atoms with E-state index < -0.39 is 35.7 Å². The summed E-state index contributed by atoms with van der Waals surface area (Å²) in [4.78, 5) is 85.2. The molecule has 2 aromatic rings. The molecule has 3 rings (SSSR count). The van der Waals surface area contributed by atoms with Crippen LogP contribution in [0.4, 0.5) is 5.82 Å². The molecule has 0 bridgehead atoms. The average Bonchev–Trinajstić information content (AvgIpc) is 3.44. The minimum Gasteiger partial charge on any atom is -0.368 e. The minimum atomic E-state index is -5.56. The Hall–Kier alpha value is -2.69. The van der Waals surface area contributed by atoms with Crippen molar-refractivity contribution in [1.82, 2.24) is 24.4 Å². The van der Waals surface area contributed by atoms with Crippen LogP contribution < -0.4 is 5.32 Å². The highest BCUT2D eigenvalue weighted by molar-refractivity contribution is 7.68. The van der Waals surface area contributed by atoms with Gasteiger partial charge in [0, 0.05) is 38.1 Å². The number of unbranched alkanes of at least 4 members (excludes halogenated alkanes) is 1. The lowest BCUT2D eigenvalue weighted by Crippen LogP contribution is -2.30. The molecular weight excluding hydrogens is 637 g/mol. The Morgan fingerprint density at radius 1 is 0.977 bits per heavy atom. The molecule has 2 aromatic heterocycles. The molecule has 1 aliphatic rings. The molecule has 2 unspecified atom stereocenters. The van der Waals surface area contributed by atoms with Gasteiger partial charge in [-0.25, -0.2) is 28.4 Å². The van der Waals surface area contributed by atoms with E-state index in [2.05, 4.69) is 28.9 Å². The zero-order valence-electron chi connectivity index (χ0n) is 22.8. The number of phosphoric acid groups is 2. The number of carbonyl (C=O) groups is 3. The molecule has 0 aromatic carbocycles. The highest BCUT2D eigenvalue weighted by Gasteiger charge is 2.40. The van der Waals surface area contributed by atoms with E-state index in [9.17, 15) is 37.9 Å². The van der Waals surface area contributed by atoms with Crippen LogP contribution in [0.1, 0.15) is 39.0 Å². The lowest BCUT2D eigenvalue weighted by atomic mass is 10.1. The van der Waals surface area contributed by atoms with Gasteiger partial charge in [0.15, 0.2) is 11.5 Å². The van der Waals surface area contributed by atoms with Gasteiger partial charge in [0.2, 0.25) is 0 Å². The highest BCUT2D eigenvalue weighted by Crippen LogP contribution is 2.65. The number of hydrogen-bond acceptors (Lipinski definition) is 13. The fourth-order valence-electron chi connectivity index (χ4n) is 3.89. The van der Waals surface area contributed by atoms with Crippen molar-refractivity contribution in [3.63, 3.8) is 0 Å².